The van der Waals surface area contributed by atoms with Crippen LogP contribution in [-0.4, -0.2) is 23.7 Å². The van der Waals surface area contributed by atoms with Crippen LogP contribution >= 0.6 is 0 Å². The Bertz CT molecular complexity index is 531. The van der Waals surface area contributed by atoms with Crippen molar-refractivity contribution in [3.63, 3.8) is 0 Å². The molecule has 2 aliphatic rings. The molecule has 4 heteroatoms. The fourth-order valence-electron chi connectivity index (χ4n) is 2.96. The van der Waals surface area contributed by atoms with Crippen molar-refractivity contribution in [2.75, 3.05) is 6.61 Å². The Labute approximate surface area is 132 Å². The lowest BCUT2D eigenvalue weighted by Gasteiger charge is -2.12. The van der Waals surface area contributed by atoms with Crippen LogP contribution in [0.4, 0.5) is 0 Å². The largest absolute Gasteiger partial charge is 0.493 e. The summed E-state index contributed by atoms with van der Waals surface area (Å²) in [6.45, 7) is 6.99. The number of benzene rings is 1. The van der Waals surface area contributed by atoms with E-state index in [0.29, 0.717) is 12.0 Å². The Morgan fingerprint density at radius 1 is 1.36 bits per heavy atom. The molecule has 0 saturated heterocycles. The van der Waals surface area contributed by atoms with E-state index in [1.54, 1.807) is 0 Å². The second-order valence-electron chi connectivity index (χ2n) is 6.65. The van der Waals surface area contributed by atoms with Gasteiger partial charge in [-0.2, -0.15) is 0 Å². The Morgan fingerprint density at radius 3 is 2.64 bits per heavy atom. The molecule has 1 aromatic carbocycles. The third-order valence-electron chi connectivity index (χ3n) is 4.66. The number of aliphatic carboxylic acids is 1. The number of hydrogen-bond donors (Lipinski definition) is 2. The number of carboxylic acid groups (broad SMARTS) is 1. The Hall–Kier alpha value is -1.55. The first kappa shape index (κ1) is 16.8. The minimum absolute atomic E-state index is 0.198. The maximum Gasteiger partial charge on any atom is 0.303 e. The molecule has 0 saturated carbocycles. The second-order valence-corrected chi connectivity index (χ2v) is 6.65. The Kier molecular flexibility index (Phi) is 5.46. The molecule has 0 bridgehead atoms. The fraction of sp³-hybridized carbons (Fsp3) is 0.611. The number of carboxylic acids is 1. The lowest BCUT2D eigenvalue weighted by molar-refractivity contribution is -0.137. The van der Waals surface area contributed by atoms with Gasteiger partial charge in [-0.25, -0.2) is 0 Å². The van der Waals surface area contributed by atoms with E-state index in [0.717, 1.165) is 31.6 Å². The second kappa shape index (κ2) is 7.14. The fourth-order valence-corrected chi connectivity index (χ4v) is 2.96. The zero-order valence-corrected chi connectivity index (χ0v) is 13.8. The van der Waals surface area contributed by atoms with E-state index in [2.05, 4.69) is 19.9 Å². The SMILES string of the molecule is CC(C)[C@@H](C)N.O=C(O)C[C@H]1CCc2ccc3c(c21)CCO3. The average Bonchev–Trinajstić information content (AvgIpc) is 3.04. The molecule has 0 aromatic heterocycles. The van der Waals surface area contributed by atoms with Gasteiger partial charge in [0.05, 0.1) is 13.0 Å². The highest BCUT2D eigenvalue weighted by Crippen LogP contribution is 2.43. The summed E-state index contributed by atoms with van der Waals surface area (Å²) in [6, 6.07) is 4.48. The number of rotatable bonds is 3. The summed E-state index contributed by atoms with van der Waals surface area (Å²) in [5.74, 6) is 1.10. The number of hydrogen-bond acceptors (Lipinski definition) is 3. The van der Waals surface area contributed by atoms with Crippen LogP contribution in [-0.2, 0) is 17.6 Å². The number of nitrogens with two attached hydrogens (primary N) is 1. The monoisotopic (exact) mass is 305 g/mol. The van der Waals surface area contributed by atoms with Gasteiger partial charge in [-0.15, -0.1) is 0 Å². The molecule has 1 aliphatic carbocycles. The lowest BCUT2D eigenvalue weighted by atomic mass is 9.92. The van der Waals surface area contributed by atoms with Gasteiger partial charge in [-0.1, -0.05) is 19.9 Å². The molecular formula is C18H27NO3. The first-order valence-corrected chi connectivity index (χ1v) is 8.15. The highest BCUT2D eigenvalue weighted by Gasteiger charge is 2.30. The maximum atomic E-state index is 10.8. The van der Waals surface area contributed by atoms with Crippen LogP contribution in [0.2, 0.25) is 0 Å². The predicted molar refractivity (Wildman–Crippen MR) is 87.4 cm³/mol. The zero-order valence-electron chi connectivity index (χ0n) is 13.8. The summed E-state index contributed by atoms with van der Waals surface area (Å²) >= 11 is 0. The van der Waals surface area contributed by atoms with Gasteiger partial charge in [-0.05, 0) is 48.8 Å². The third-order valence-corrected chi connectivity index (χ3v) is 4.66. The van der Waals surface area contributed by atoms with Crippen LogP contribution in [0.1, 0.15) is 56.2 Å². The first-order valence-electron chi connectivity index (χ1n) is 8.15. The summed E-state index contributed by atoms with van der Waals surface area (Å²) in [4.78, 5) is 10.8. The predicted octanol–water partition coefficient (Wildman–Crippen LogP) is 3.12. The average molecular weight is 305 g/mol. The van der Waals surface area contributed by atoms with E-state index in [9.17, 15) is 4.79 Å². The van der Waals surface area contributed by atoms with E-state index >= 15 is 0 Å². The van der Waals surface area contributed by atoms with E-state index in [1.807, 2.05) is 13.0 Å². The molecule has 4 nitrogen and oxygen atoms in total. The Balaban J connectivity index is 0.000000254. The molecule has 22 heavy (non-hydrogen) atoms. The third kappa shape index (κ3) is 3.80. The van der Waals surface area contributed by atoms with Gasteiger partial charge in [0.25, 0.3) is 0 Å². The number of aryl methyl sites for hydroxylation is 1. The van der Waals surface area contributed by atoms with Crippen molar-refractivity contribution in [3.05, 3.63) is 28.8 Å². The summed E-state index contributed by atoms with van der Waals surface area (Å²) in [5.41, 5.74) is 9.30. The normalized spacial score (nSPS) is 19.8. The summed E-state index contributed by atoms with van der Waals surface area (Å²) in [6.07, 6.45) is 3.18. The van der Waals surface area contributed by atoms with Crippen molar-refractivity contribution in [2.45, 2.75) is 58.4 Å². The van der Waals surface area contributed by atoms with Crippen LogP contribution in [0.5, 0.6) is 5.75 Å². The zero-order chi connectivity index (χ0) is 16.3. The minimum atomic E-state index is -0.700. The van der Waals surface area contributed by atoms with Crippen molar-refractivity contribution in [1.82, 2.24) is 0 Å². The van der Waals surface area contributed by atoms with Gasteiger partial charge in [0, 0.05) is 18.0 Å². The van der Waals surface area contributed by atoms with Crippen molar-refractivity contribution in [2.24, 2.45) is 11.7 Å². The highest BCUT2D eigenvalue weighted by molar-refractivity contribution is 5.69. The molecule has 0 spiro atoms. The van der Waals surface area contributed by atoms with E-state index in [-0.39, 0.29) is 12.3 Å². The summed E-state index contributed by atoms with van der Waals surface area (Å²) in [7, 11) is 0. The van der Waals surface area contributed by atoms with Gasteiger partial charge in [0.2, 0.25) is 0 Å². The maximum absolute atomic E-state index is 10.8. The molecule has 122 valence electrons. The number of ether oxygens (including phenoxy) is 1. The quantitative estimate of drug-likeness (QED) is 0.900. The molecule has 0 unspecified atom stereocenters. The van der Waals surface area contributed by atoms with Gasteiger partial charge >= 0.3 is 5.97 Å². The molecule has 0 radical (unpaired) electrons. The number of carbonyl (C=O) groups is 1. The van der Waals surface area contributed by atoms with Crippen LogP contribution < -0.4 is 10.5 Å². The van der Waals surface area contributed by atoms with E-state index in [1.165, 1.54) is 16.7 Å². The number of fused-ring (bicyclic) bond motifs is 3. The molecule has 0 fully saturated rings. The van der Waals surface area contributed by atoms with Crippen molar-refractivity contribution in [3.8, 4) is 5.75 Å². The van der Waals surface area contributed by atoms with Crippen molar-refractivity contribution >= 4 is 5.97 Å². The van der Waals surface area contributed by atoms with Gasteiger partial charge in [-0.3, -0.25) is 4.79 Å². The van der Waals surface area contributed by atoms with Gasteiger partial charge in [0.1, 0.15) is 5.75 Å². The van der Waals surface area contributed by atoms with Crippen molar-refractivity contribution < 1.29 is 14.6 Å². The lowest BCUT2D eigenvalue weighted by Crippen LogP contribution is -2.21. The smallest absolute Gasteiger partial charge is 0.303 e. The summed E-state index contributed by atoms with van der Waals surface area (Å²) < 4.78 is 5.53. The molecule has 3 N–H and O–H groups in total. The molecule has 1 heterocycles. The van der Waals surface area contributed by atoms with Crippen LogP contribution in [0.15, 0.2) is 12.1 Å². The molecular weight excluding hydrogens is 278 g/mol. The first-order chi connectivity index (χ1) is 10.4. The van der Waals surface area contributed by atoms with Crippen LogP contribution in [0.25, 0.3) is 0 Å². The standard InChI is InChI=1S/C13H14O3.C5H13N/c14-12(15)7-9-2-1-8-3-4-11-10(13(8)9)5-6-16-11;1-4(2)5(3)6/h3-4,9H,1-2,5-7H2,(H,14,15);4-5H,6H2,1-3H3/t9-;5-/m11/s1. The topological polar surface area (TPSA) is 72.6 Å². The van der Waals surface area contributed by atoms with Crippen LogP contribution in [0.3, 0.4) is 0 Å². The highest BCUT2D eigenvalue weighted by atomic mass is 16.5. The minimum Gasteiger partial charge on any atom is -0.493 e. The molecule has 1 aliphatic heterocycles. The molecule has 2 atom stereocenters. The Morgan fingerprint density at radius 2 is 2.05 bits per heavy atom. The molecule has 0 amide bonds. The van der Waals surface area contributed by atoms with E-state index < -0.39 is 5.97 Å². The molecule has 3 rings (SSSR count). The van der Waals surface area contributed by atoms with Crippen molar-refractivity contribution in [1.29, 1.82) is 0 Å². The van der Waals surface area contributed by atoms with Gasteiger partial charge in [0.15, 0.2) is 0 Å². The molecule has 1 aromatic rings. The van der Waals surface area contributed by atoms with E-state index in [4.69, 9.17) is 15.6 Å². The van der Waals surface area contributed by atoms with Gasteiger partial charge < -0.3 is 15.6 Å². The summed E-state index contributed by atoms with van der Waals surface area (Å²) in [5, 5.41) is 8.92. The van der Waals surface area contributed by atoms with Crippen LogP contribution in [0, 0.1) is 5.92 Å².